The molecule has 0 radical (unpaired) electrons. The van der Waals surface area contributed by atoms with E-state index in [-0.39, 0.29) is 43.6 Å². The number of halogens is 4. The molecule has 0 saturated carbocycles. The summed E-state index contributed by atoms with van der Waals surface area (Å²) in [6.07, 6.45) is 0.129. The zero-order chi connectivity index (χ0) is 34.5. The standard InChI is InChI=1S/C35H35Cl4N3O4S/c1-23-13-15-28(16-14-23)47(45,46)42(27-19-25(36)18-26(37)20-27)22-33(43)41(21-29-30(38)11-8-12-31(29)39)32(34(44)40-35(2,3)4)17-24-9-6-5-7-10-24/h5-16,18-20,32H,17,21-22H2,1-4H3,(H,40,44)/t32-/m0/s1. The molecule has 4 aromatic rings. The summed E-state index contributed by atoms with van der Waals surface area (Å²) in [5.41, 5.74) is 1.49. The highest BCUT2D eigenvalue weighted by atomic mass is 35.5. The summed E-state index contributed by atoms with van der Waals surface area (Å²) in [6, 6.07) is 23.6. The second kappa shape index (κ2) is 15.3. The summed E-state index contributed by atoms with van der Waals surface area (Å²) in [4.78, 5) is 30.0. The van der Waals surface area contributed by atoms with E-state index in [4.69, 9.17) is 46.4 Å². The molecule has 2 amide bonds. The minimum Gasteiger partial charge on any atom is -0.350 e. The topological polar surface area (TPSA) is 86.8 Å². The average molecular weight is 736 g/mol. The number of carbonyl (C=O) groups is 2. The Morgan fingerprint density at radius 3 is 1.94 bits per heavy atom. The largest absolute Gasteiger partial charge is 0.350 e. The molecule has 1 atom stereocenters. The lowest BCUT2D eigenvalue weighted by Gasteiger charge is -2.35. The first-order valence-electron chi connectivity index (χ1n) is 14.7. The van der Waals surface area contributed by atoms with E-state index in [9.17, 15) is 18.0 Å². The van der Waals surface area contributed by atoms with E-state index in [1.54, 1.807) is 30.3 Å². The minimum atomic E-state index is -4.34. The number of amides is 2. The maximum absolute atomic E-state index is 14.6. The molecule has 1 N–H and O–H groups in total. The maximum Gasteiger partial charge on any atom is 0.264 e. The molecule has 4 aromatic carbocycles. The van der Waals surface area contributed by atoms with Gasteiger partial charge in [0.1, 0.15) is 12.6 Å². The molecular weight excluding hydrogens is 700 g/mol. The Balaban J connectivity index is 1.88. The third kappa shape index (κ3) is 9.64. The van der Waals surface area contributed by atoms with E-state index in [1.807, 2.05) is 58.0 Å². The zero-order valence-corrected chi connectivity index (χ0v) is 30.1. The number of aryl methyl sites for hydroxylation is 1. The van der Waals surface area contributed by atoms with Gasteiger partial charge in [-0.3, -0.25) is 13.9 Å². The van der Waals surface area contributed by atoms with Crippen molar-refractivity contribution < 1.29 is 18.0 Å². The monoisotopic (exact) mass is 733 g/mol. The number of rotatable bonds is 11. The number of benzene rings is 4. The van der Waals surface area contributed by atoms with Crippen LogP contribution in [0.15, 0.2) is 95.9 Å². The Hall–Kier alpha value is -3.27. The Kier molecular flexibility index (Phi) is 11.9. The smallest absolute Gasteiger partial charge is 0.264 e. The van der Waals surface area contributed by atoms with Crippen molar-refractivity contribution in [2.75, 3.05) is 10.8 Å². The van der Waals surface area contributed by atoms with Crippen LogP contribution in [0.5, 0.6) is 0 Å². The molecule has 4 rings (SSSR count). The van der Waals surface area contributed by atoms with E-state index < -0.39 is 40.0 Å². The summed E-state index contributed by atoms with van der Waals surface area (Å²) in [7, 11) is -4.34. The molecular formula is C35H35Cl4N3O4S. The van der Waals surface area contributed by atoms with Crippen molar-refractivity contribution in [3.05, 3.63) is 128 Å². The van der Waals surface area contributed by atoms with Crippen LogP contribution in [0.25, 0.3) is 0 Å². The maximum atomic E-state index is 14.6. The molecule has 0 bridgehead atoms. The molecule has 12 heteroatoms. The van der Waals surface area contributed by atoms with Gasteiger partial charge in [-0.1, -0.05) is 100 Å². The lowest BCUT2D eigenvalue weighted by Crippen LogP contribution is -2.56. The predicted octanol–water partition coefficient (Wildman–Crippen LogP) is 8.36. The first-order chi connectivity index (χ1) is 22.0. The summed E-state index contributed by atoms with van der Waals surface area (Å²) in [5, 5.41) is 3.91. The molecule has 0 aromatic heterocycles. The van der Waals surface area contributed by atoms with Gasteiger partial charge in [0.2, 0.25) is 11.8 Å². The highest BCUT2D eigenvalue weighted by Crippen LogP contribution is 2.32. The van der Waals surface area contributed by atoms with Gasteiger partial charge in [-0.25, -0.2) is 8.42 Å². The van der Waals surface area contributed by atoms with Crippen LogP contribution in [0.2, 0.25) is 20.1 Å². The van der Waals surface area contributed by atoms with Gasteiger partial charge in [0.25, 0.3) is 10.0 Å². The number of sulfonamides is 1. The van der Waals surface area contributed by atoms with Gasteiger partial charge in [-0.15, -0.1) is 0 Å². The Bertz CT molecular complexity index is 1810. The third-order valence-electron chi connectivity index (χ3n) is 7.18. The fourth-order valence-corrected chi connectivity index (χ4v) is 7.34. The van der Waals surface area contributed by atoms with Crippen LogP contribution in [-0.2, 0) is 32.6 Å². The molecule has 0 aliphatic carbocycles. The first-order valence-corrected chi connectivity index (χ1v) is 17.6. The SMILES string of the molecule is Cc1ccc(S(=O)(=O)N(CC(=O)N(Cc2c(Cl)cccc2Cl)[C@@H](Cc2ccccc2)C(=O)NC(C)(C)C)c2cc(Cl)cc(Cl)c2)cc1. The van der Waals surface area contributed by atoms with Crippen molar-refractivity contribution >= 4 is 73.9 Å². The molecule has 0 unspecified atom stereocenters. The van der Waals surface area contributed by atoms with Crippen molar-refractivity contribution in [3.63, 3.8) is 0 Å². The summed E-state index contributed by atoms with van der Waals surface area (Å²) >= 11 is 25.8. The van der Waals surface area contributed by atoms with Crippen molar-refractivity contribution in [1.82, 2.24) is 10.2 Å². The van der Waals surface area contributed by atoms with Crippen LogP contribution in [0.4, 0.5) is 5.69 Å². The highest BCUT2D eigenvalue weighted by Gasteiger charge is 2.36. The fourth-order valence-electron chi connectivity index (χ4n) is 4.91. The summed E-state index contributed by atoms with van der Waals surface area (Å²) < 4.78 is 29.4. The van der Waals surface area contributed by atoms with Crippen molar-refractivity contribution in [1.29, 1.82) is 0 Å². The summed E-state index contributed by atoms with van der Waals surface area (Å²) in [5.74, 6) is -1.12. The molecule has 0 fully saturated rings. The minimum absolute atomic E-state index is 0.0426. The number of nitrogens with zero attached hydrogens (tertiary/aromatic N) is 2. The third-order valence-corrected chi connectivity index (χ3v) is 10.1. The van der Waals surface area contributed by atoms with Crippen molar-refractivity contribution in [2.24, 2.45) is 0 Å². The molecule has 0 aliphatic heterocycles. The van der Waals surface area contributed by atoms with E-state index >= 15 is 0 Å². The highest BCUT2D eigenvalue weighted by molar-refractivity contribution is 7.92. The van der Waals surface area contributed by atoms with Crippen LogP contribution < -0.4 is 9.62 Å². The second-order valence-electron chi connectivity index (χ2n) is 12.1. The molecule has 7 nitrogen and oxygen atoms in total. The van der Waals surface area contributed by atoms with E-state index in [0.29, 0.717) is 5.56 Å². The van der Waals surface area contributed by atoms with Gasteiger partial charge in [0.05, 0.1) is 10.6 Å². The molecule has 0 spiro atoms. The van der Waals surface area contributed by atoms with Crippen LogP contribution in [0.1, 0.15) is 37.5 Å². The Labute approximate surface area is 296 Å². The number of carbonyl (C=O) groups excluding carboxylic acids is 2. The fraction of sp³-hybridized carbons (Fsp3) is 0.257. The van der Waals surface area contributed by atoms with Crippen LogP contribution in [-0.4, -0.2) is 43.3 Å². The first kappa shape index (κ1) is 36.6. The number of nitrogens with one attached hydrogen (secondary N) is 1. The van der Waals surface area contributed by atoms with Gasteiger partial charge >= 0.3 is 0 Å². The van der Waals surface area contributed by atoms with Crippen molar-refractivity contribution in [2.45, 2.75) is 57.1 Å². The van der Waals surface area contributed by atoms with Gasteiger partial charge < -0.3 is 10.2 Å². The van der Waals surface area contributed by atoms with E-state index in [1.165, 1.54) is 35.2 Å². The van der Waals surface area contributed by atoms with Gasteiger partial charge in [-0.2, -0.15) is 0 Å². The normalized spacial score (nSPS) is 12.3. The van der Waals surface area contributed by atoms with Crippen LogP contribution >= 0.6 is 46.4 Å². The Morgan fingerprint density at radius 2 is 1.38 bits per heavy atom. The van der Waals surface area contributed by atoms with Crippen LogP contribution in [0.3, 0.4) is 0 Å². The molecule has 0 saturated heterocycles. The average Bonchev–Trinajstić information content (AvgIpc) is 2.98. The number of hydrogen-bond acceptors (Lipinski definition) is 4. The van der Waals surface area contributed by atoms with E-state index in [2.05, 4.69) is 5.32 Å². The molecule has 0 heterocycles. The Morgan fingerprint density at radius 1 is 0.809 bits per heavy atom. The van der Waals surface area contributed by atoms with E-state index in [0.717, 1.165) is 15.4 Å². The number of anilines is 1. The quantitative estimate of drug-likeness (QED) is 0.168. The zero-order valence-electron chi connectivity index (χ0n) is 26.3. The molecule has 248 valence electrons. The number of hydrogen-bond donors (Lipinski definition) is 1. The summed E-state index contributed by atoms with van der Waals surface area (Å²) in [6.45, 7) is 6.47. The molecule has 0 aliphatic rings. The lowest BCUT2D eigenvalue weighted by atomic mass is 10.0. The van der Waals surface area contributed by atoms with Gasteiger partial charge in [-0.05, 0) is 75.7 Å². The predicted molar refractivity (Wildman–Crippen MR) is 191 cm³/mol. The van der Waals surface area contributed by atoms with Gasteiger partial charge in [0, 0.05) is 44.2 Å². The lowest BCUT2D eigenvalue weighted by molar-refractivity contribution is -0.140. The van der Waals surface area contributed by atoms with Crippen LogP contribution in [0, 0.1) is 6.92 Å². The second-order valence-corrected chi connectivity index (χ2v) is 15.7. The molecule has 47 heavy (non-hydrogen) atoms. The van der Waals surface area contributed by atoms with Crippen molar-refractivity contribution in [3.8, 4) is 0 Å². The van der Waals surface area contributed by atoms with Gasteiger partial charge in [0.15, 0.2) is 0 Å².